The van der Waals surface area contributed by atoms with Gasteiger partial charge in [0.25, 0.3) is 0 Å². The molecule has 2 saturated heterocycles. The Morgan fingerprint density at radius 2 is 1.82 bits per heavy atom. The number of ether oxygens (including phenoxy) is 5. The minimum absolute atomic E-state index is 0.0145. The summed E-state index contributed by atoms with van der Waals surface area (Å²) in [5.74, 6) is -0.313. The Kier molecular flexibility index (Phi) is 12.3. The van der Waals surface area contributed by atoms with E-state index < -0.39 is 6.10 Å². The summed E-state index contributed by atoms with van der Waals surface area (Å²) in [7, 11) is 0. The number of aliphatic hydroxyl groups is 1. The number of hydrogen-bond donors (Lipinski definition) is 1. The summed E-state index contributed by atoms with van der Waals surface area (Å²) in [5.41, 5.74) is 0. The molecule has 1 saturated carbocycles. The highest BCUT2D eigenvalue weighted by Gasteiger charge is 2.43. The zero-order chi connectivity index (χ0) is 24.2. The molecule has 0 amide bonds. The van der Waals surface area contributed by atoms with Gasteiger partial charge in [-0.3, -0.25) is 4.79 Å². The normalized spacial score (nSPS) is 33.3. The molecule has 2 heterocycles. The highest BCUT2D eigenvalue weighted by Crippen LogP contribution is 2.39. The van der Waals surface area contributed by atoms with E-state index in [0.717, 1.165) is 64.6 Å². The number of unbranched alkanes of at least 4 members (excludes halogenated alkanes) is 2. The molecule has 0 spiro atoms. The predicted octanol–water partition coefficient (Wildman–Crippen LogP) is 4.90. The SMILES string of the molecule is CCCCC[C@@H](C=C[C@H]1[C@H](CCOC(C)=O)[C@H](O)C[C@@H]1OC1CCCCO1)OC1CCCCO1. The molecule has 3 fully saturated rings. The summed E-state index contributed by atoms with van der Waals surface area (Å²) in [6, 6.07) is 0. The van der Waals surface area contributed by atoms with E-state index in [2.05, 4.69) is 19.1 Å². The Balaban J connectivity index is 1.68. The van der Waals surface area contributed by atoms with E-state index in [1.807, 2.05) is 0 Å². The van der Waals surface area contributed by atoms with Crippen LogP contribution >= 0.6 is 0 Å². The first-order chi connectivity index (χ1) is 16.6. The van der Waals surface area contributed by atoms with Gasteiger partial charge in [0.2, 0.25) is 0 Å². The fourth-order valence-corrected chi connectivity index (χ4v) is 5.32. The predicted molar refractivity (Wildman–Crippen MR) is 129 cm³/mol. The molecule has 7 nitrogen and oxygen atoms in total. The summed E-state index contributed by atoms with van der Waals surface area (Å²) >= 11 is 0. The van der Waals surface area contributed by atoms with E-state index in [9.17, 15) is 9.90 Å². The molecule has 2 aliphatic heterocycles. The van der Waals surface area contributed by atoms with Crippen molar-refractivity contribution in [3.05, 3.63) is 12.2 Å². The summed E-state index contributed by atoms with van der Waals surface area (Å²) < 4.78 is 29.6. The Hall–Kier alpha value is -0.990. The van der Waals surface area contributed by atoms with Gasteiger partial charge in [-0.25, -0.2) is 0 Å². The molecule has 0 aromatic heterocycles. The van der Waals surface area contributed by atoms with Crippen molar-refractivity contribution in [2.24, 2.45) is 11.8 Å². The zero-order valence-electron chi connectivity index (χ0n) is 21.2. The van der Waals surface area contributed by atoms with Gasteiger partial charge < -0.3 is 28.8 Å². The molecule has 0 aromatic rings. The second kappa shape index (κ2) is 15.2. The van der Waals surface area contributed by atoms with E-state index in [-0.39, 0.29) is 42.6 Å². The molecule has 1 aliphatic carbocycles. The minimum Gasteiger partial charge on any atom is -0.466 e. The lowest BCUT2D eigenvalue weighted by Crippen LogP contribution is -2.31. The van der Waals surface area contributed by atoms with E-state index in [4.69, 9.17) is 23.7 Å². The molecule has 7 atom stereocenters. The van der Waals surface area contributed by atoms with Crippen molar-refractivity contribution in [3.63, 3.8) is 0 Å². The average Bonchev–Trinajstić information content (AvgIpc) is 3.12. The van der Waals surface area contributed by atoms with Crippen LogP contribution in [0.1, 0.15) is 90.9 Å². The molecule has 3 aliphatic rings. The third kappa shape index (κ3) is 9.23. The van der Waals surface area contributed by atoms with Crippen LogP contribution in [0.15, 0.2) is 12.2 Å². The lowest BCUT2D eigenvalue weighted by Gasteiger charge is -2.30. The monoisotopic (exact) mass is 482 g/mol. The summed E-state index contributed by atoms with van der Waals surface area (Å²) in [4.78, 5) is 11.3. The van der Waals surface area contributed by atoms with Gasteiger partial charge in [-0.05, 0) is 57.3 Å². The van der Waals surface area contributed by atoms with Crippen LogP contribution < -0.4 is 0 Å². The molecule has 0 radical (unpaired) electrons. The summed E-state index contributed by atoms with van der Waals surface area (Å²) in [5, 5.41) is 10.9. The van der Waals surface area contributed by atoms with Crippen LogP contribution in [0.3, 0.4) is 0 Å². The molecule has 7 heteroatoms. The molecule has 34 heavy (non-hydrogen) atoms. The van der Waals surface area contributed by atoms with Crippen molar-refractivity contribution >= 4 is 5.97 Å². The fraction of sp³-hybridized carbons (Fsp3) is 0.889. The van der Waals surface area contributed by atoms with Gasteiger partial charge in [-0.1, -0.05) is 38.3 Å². The first-order valence-electron chi connectivity index (χ1n) is 13.6. The smallest absolute Gasteiger partial charge is 0.302 e. The first kappa shape index (κ1) is 27.6. The largest absolute Gasteiger partial charge is 0.466 e. The molecular weight excluding hydrogens is 436 g/mol. The van der Waals surface area contributed by atoms with E-state index in [1.165, 1.54) is 19.8 Å². The van der Waals surface area contributed by atoms with Crippen molar-refractivity contribution in [2.45, 2.75) is 122 Å². The third-order valence-electron chi connectivity index (χ3n) is 7.22. The highest BCUT2D eigenvalue weighted by atomic mass is 16.7. The van der Waals surface area contributed by atoms with Crippen molar-refractivity contribution in [1.82, 2.24) is 0 Å². The van der Waals surface area contributed by atoms with Crippen LogP contribution in [-0.2, 0) is 28.5 Å². The molecular formula is C27H46O7. The van der Waals surface area contributed by atoms with E-state index in [1.54, 1.807) is 0 Å². The van der Waals surface area contributed by atoms with Crippen LogP contribution in [0.2, 0.25) is 0 Å². The maximum absolute atomic E-state index is 11.3. The van der Waals surface area contributed by atoms with Gasteiger partial charge in [-0.15, -0.1) is 0 Å². The van der Waals surface area contributed by atoms with Gasteiger partial charge in [0.15, 0.2) is 12.6 Å². The molecule has 0 aromatic carbocycles. The van der Waals surface area contributed by atoms with Crippen LogP contribution in [0.25, 0.3) is 0 Å². The number of hydrogen-bond acceptors (Lipinski definition) is 7. The Labute approximate surface area is 205 Å². The van der Waals surface area contributed by atoms with Gasteiger partial charge in [0.1, 0.15) is 0 Å². The Morgan fingerprint density at radius 1 is 1.09 bits per heavy atom. The second-order valence-corrected chi connectivity index (χ2v) is 9.99. The van der Waals surface area contributed by atoms with Crippen LogP contribution in [0, 0.1) is 11.8 Å². The van der Waals surface area contributed by atoms with Crippen LogP contribution in [0.5, 0.6) is 0 Å². The Morgan fingerprint density at radius 3 is 2.47 bits per heavy atom. The number of esters is 1. The lowest BCUT2D eigenvalue weighted by molar-refractivity contribution is -0.193. The van der Waals surface area contributed by atoms with Gasteiger partial charge in [0.05, 0.1) is 24.9 Å². The molecule has 0 bridgehead atoms. The summed E-state index contributed by atoms with van der Waals surface area (Å²) in [6.07, 6.45) is 15.2. The standard InChI is InChI=1S/C27H46O7/c1-3-4-5-10-21(33-26-11-6-8-16-31-26)13-14-23-22(15-18-30-20(2)28)24(29)19-25(23)34-27-12-7-9-17-32-27/h13-14,21-27,29H,3-12,15-19H2,1-2H3/t21-,22-,23-,24+,25-,26?,27?/m0/s1. The number of aliphatic hydroxyl groups excluding tert-OH is 1. The van der Waals surface area contributed by atoms with Gasteiger partial charge in [0, 0.05) is 32.5 Å². The number of carbonyl (C=O) groups is 1. The molecule has 2 unspecified atom stereocenters. The van der Waals surface area contributed by atoms with Crippen LogP contribution in [0.4, 0.5) is 0 Å². The average molecular weight is 483 g/mol. The van der Waals surface area contributed by atoms with Gasteiger partial charge in [-0.2, -0.15) is 0 Å². The molecule has 3 rings (SSSR count). The lowest BCUT2D eigenvalue weighted by atomic mass is 9.90. The van der Waals surface area contributed by atoms with Crippen molar-refractivity contribution in [2.75, 3.05) is 19.8 Å². The second-order valence-electron chi connectivity index (χ2n) is 9.99. The van der Waals surface area contributed by atoms with Gasteiger partial charge >= 0.3 is 5.97 Å². The van der Waals surface area contributed by atoms with Crippen molar-refractivity contribution in [3.8, 4) is 0 Å². The van der Waals surface area contributed by atoms with Crippen LogP contribution in [-0.4, -0.2) is 61.8 Å². The first-order valence-corrected chi connectivity index (χ1v) is 13.6. The summed E-state index contributed by atoms with van der Waals surface area (Å²) in [6.45, 7) is 5.42. The zero-order valence-corrected chi connectivity index (χ0v) is 21.2. The maximum Gasteiger partial charge on any atom is 0.302 e. The third-order valence-corrected chi connectivity index (χ3v) is 7.22. The Bertz CT molecular complexity index is 598. The van der Waals surface area contributed by atoms with E-state index >= 15 is 0 Å². The number of carbonyl (C=O) groups excluding carboxylic acids is 1. The molecule has 1 N–H and O–H groups in total. The highest BCUT2D eigenvalue weighted by molar-refractivity contribution is 5.65. The molecule has 196 valence electrons. The van der Waals surface area contributed by atoms with Crippen molar-refractivity contribution in [1.29, 1.82) is 0 Å². The fourth-order valence-electron chi connectivity index (χ4n) is 5.32. The van der Waals surface area contributed by atoms with Crippen molar-refractivity contribution < 1.29 is 33.6 Å². The quantitative estimate of drug-likeness (QED) is 0.227. The van der Waals surface area contributed by atoms with E-state index in [0.29, 0.717) is 19.4 Å². The minimum atomic E-state index is -0.500. The number of rotatable bonds is 13. The maximum atomic E-state index is 11.3. The topological polar surface area (TPSA) is 83.5 Å².